The molecule has 1 N–H and O–H groups in total. The molecule has 0 spiro atoms. The lowest BCUT2D eigenvalue weighted by molar-refractivity contribution is -0.140. The number of rotatable bonds is 13. The number of amides is 2. The average molecular weight is 638 g/mol. The molecule has 0 fully saturated rings. The summed E-state index contributed by atoms with van der Waals surface area (Å²) in [7, 11) is -1.55. The Morgan fingerprint density at radius 3 is 2.05 bits per heavy atom. The van der Waals surface area contributed by atoms with Crippen molar-refractivity contribution >= 4 is 50.9 Å². The Kier molecular flexibility index (Phi) is 11.8. The maximum atomic E-state index is 14.2. The smallest absolute Gasteiger partial charge is 0.304 e. The molecule has 0 saturated heterocycles. The number of hydrogen-bond acceptors (Lipinski definition) is 4. The van der Waals surface area contributed by atoms with E-state index in [1.165, 1.54) is 31.1 Å². The summed E-state index contributed by atoms with van der Waals surface area (Å²) in [6, 6.07) is 17.8. The summed E-state index contributed by atoms with van der Waals surface area (Å²) in [5, 5.41) is 3.49. The number of carbonyl (C=O) groups excluding carboxylic acids is 2. The lowest BCUT2D eigenvalue weighted by Gasteiger charge is -2.34. The third-order valence-electron chi connectivity index (χ3n) is 6.48. The Hall–Kier alpha value is -3.18. The summed E-state index contributed by atoms with van der Waals surface area (Å²) < 4.78 is 42.3. The summed E-state index contributed by atoms with van der Waals surface area (Å²) in [5.41, 5.74) is 1.28. The monoisotopic (exact) mass is 636 g/mol. The topological polar surface area (TPSA) is 90.0 Å². The molecular weight excluding hydrogens is 602 g/mol. The van der Waals surface area contributed by atoms with Crippen LogP contribution in [0.5, 0.6) is 0 Å². The molecule has 3 rings (SSSR count). The van der Waals surface area contributed by atoms with Gasteiger partial charge in [0.1, 0.15) is 18.4 Å². The highest BCUT2D eigenvalue weighted by Crippen LogP contribution is 2.28. The van der Waals surface area contributed by atoms with Gasteiger partial charge in [-0.15, -0.1) is 0 Å². The largest absolute Gasteiger partial charge is 0.354 e. The summed E-state index contributed by atoms with van der Waals surface area (Å²) >= 11 is 13.0. The van der Waals surface area contributed by atoms with Crippen LogP contribution >= 0.6 is 23.2 Å². The van der Waals surface area contributed by atoms with Gasteiger partial charge in [-0.1, -0.05) is 73.4 Å². The van der Waals surface area contributed by atoms with Gasteiger partial charge in [0.2, 0.25) is 11.8 Å². The van der Waals surface area contributed by atoms with Gasteiger partial charge in [0.15, 0.2) is 0 Å². The van der Waals surface area contributed by atoms with Gasteiger partial charge in [-0.2, -0.15) is 12.7 Å². The van der Waals surface area contributed by atoms with E-state index >= 15 is 0 Å². The molecule has 0 radical (unpaired) electrons. The van der Waals surface area contributed by atoms with Crippen molar-refractivity contribution in [1.29, 1.82) is 0 Å². The molecule has 226 valence electrons. The molecule has 3 aromatic rings. The molecule has 3 aromatic carbocycles. The van der Waals surface area contributed by atoms with E-state index in [4.69, 9.17) is 23.2 Å². The fourth-order valence-corrected chi connectivity index (χ4v) is 5.73. The van der Waals surface area contributed by atoms with Gasteiger partial charge in [0.25, 0.3) is 0 Å². The molecule has 12 heteroatoms. The van der Waals surface area contributed by atoms with Gasteiger partial charge >= 0.3 is 10.2 Å². The minimum atomic E-state index is -4.20. The van der Waals surface area contributed by atoms with Crippen LogP contribution in [0.4, 0.5) is 10.1 Å². The van der Waals surface area contributed by atoms with Crippen molar-refractivity contribution in [2.24, 2.45) is 5.92 Å². The van der Waals surface area contributed by atoms with E-state index in [1.54, 1.807) is 18.2 Å². The summed E-state index contributed by atoms with van der Waals surface area (Å²) in [6.07, 6.45) is 0.148. The third kappa shape index (κ3) is 8.67. The first-order valence-corrected chi connectivity index (χ1v) is 15.5. The lowest BCUT2D eigenvalue weighted by atomic mass is 10.0. The van der Waals surface area contributed by atoms with Gasteiger partial charge in [0.05, 0.1) is 5.69 Å². The maximum Gasteiger partial charge on any atom is 0.304 e. The Balaban J connectivity index is 2.13. The van der Waals surface area contributed by atoms with E-state index in [0.717, 1.165) is 26.3 Å². The second-order valence-corrected chi connectivity index (χ2v) is 13.2. The first-order chi connectivity index (χ1) is 19.8. The van der Waals surface area contributed by atoms with E-state index in [0.29, 0.717) is 12.1 Å². The highest BCUT2D eigenvalue weighted by Gasteiger charge is 2.35. The van der Waals surface area contributed by atoms with Crippen molar-refractivity contribution < 1.29 is 22.4 Å². The van der Waals surface area contributed by atoms with Crippen LogP contribution in [0.25, 0.3) is 0 Å². The minimum absolute atomic E-state index is 0.0815. The summed E-state index contributed by atoms with van der Waals surface area (Å²) in [6.45, 7) is 3.44. The summed E-state index contributed by atoms with van der Waals surface area (Å²) in [4.78, 5) is 29.2. The van der Waals surface area contributed by atoms with Crippen LogP contribution in [0.15, 0.2) is 72.8 Å². The molecule has 1 atom stereocenters. The molecule has 0 bridgehead atoms. The van der Waals surface area contributed by atoms with Gasteiger partial charge < -0.3 is 10.2 Å². The molecule has 0 aliphatic rings. The second kappa shape index (κ2) is 14.8. The predicted molar refractivity (Wildman–Crippen MR) is 165 cm³/mol. The molecule has 0 aliphatic carbocycles. The Morgan fingerprint density at radius 2 is 1.50 bits per heavy atom. The van der Waals surface area contributed by atoms with E-state index in [1.807, 2.05) is 44.2 Å². The van der Waals surface area contributed by atoms with E-state index in [-0.39, 0.29) is 34.6 Å². The zero-order valence-electron chi connectivity index (χ0n) is 23.9. The van der Waals surface area contributed by atoms with Crippen LogP contribution in [-0.2, 0) is 32.8 Å². The second-order valence-electron chi connectivity index (χ2n) is 10.3. The quantitative estimate of drug-likeness (QED) is 0.281. The predicted octanol–water partition coefficient (Wildman–Crippen LogP) is 5.16. The maximum absolute atomic E-state index is 14.2. The highest BCUT2D eigenvalue weighted by molar-refractivity contribution is 7.90. The zero-order valence-corrected chi connectivity index (χ0v) is 26.3. The van der Waals surface area contributed by atoms with Gasteiger partial charge in [-0.05, 0) is 47.9 Å². The number of hydrogen-bond donors (Lipinski definition) is 1. The van der Waals surface area contributed by atoms with E-state index < -0.39 is 40.4 Å². The average Bonchev–Trinajstić information content (AvgIpc) is 2.94. The fraction of sp³-hybridized carbons (Fsp3) is 0.333. The van der Waals surface area contributed by atoms with Crippen LogP contribution in [-0.4, -0.2) is 62.7 Å². The van der Waals surface area contributed by atoms with Crippen LogP contribution in [0.2, 0.25) is 10.0 Å². The van der Waals surface area contributed by atoms with Crippen molar-refractivity contribution in [2.45, 2.75) is 32.9 Å². The van der Waals surface area contributed by atoms with Crippen LogP contribution in [0, 0.1) is 11.7 Å². The lowest BCUT2D eigenvalue weighted by Crippen LogP contribution is -2.54. The standard InChI is InChI=1S/C30H35Cl2FN4O4S/c1-21(2)18-34-30(39)28(17-22-9-6-5-7-10-22)36(19-25-26(31)11-8-12-27(25)32)29(38)20-37(42(40,41)35(3)4)24-15-13-23(33)14-16-24/h5-16,21,28H,17-20H2,1-4H3,(H,34,39). The first-order valence-electron chi connectivity index (χ1n) is 13.3. The SMILES string of the molecule is CC(C)CNC(=O)C(Cc1ccccc1)N(Cc1c(Cl)cccc1Cl)C(=O)CN(c1ccc(F)cc1)S(=O)(=O)N(C)C. The van der Waals surface area contributed by atoms with Crippen molar-refractivity contribution in [3.05, 3.63) is 99.8 Å². The molecule has 1 unspecified atom stereocenters. The molecule has 0 heterocycles. The molecule has 0 aliphatic heterocycles. The Morgan fingerprint density at radius 1 is 0.905 bits per heavy atom. The minimum Gasteiger partial charge on any atom is -0.354 e. The third-order valence-corrected chi connectivity index (χ3v) is 9.01. The van der Waals surface area contributed by atoms with Crippen molar-refractivity contribution in [2.75, 3.05) is 31.5 Å². The first kappa shape index (κ1) is 33.3. The fourth-order valence-electron chi connectivity index (χ4n) is 4.15. The molecule has 0 aromatic heterocycles. The molecule has 42 heavy (non-hydrogen) atoms. The number of anilines is 1. The van der Waals surface area contributed by atoms with Crippen molar-refractivity contribution in [1.82, 2.24) is 14.5 Å². The molecule has 0 saturated carbocycles. The number of nitrogens with zero attached hydrogens (tertiary/aromatic N) is 3. The molecule has 2 amide bonds. The van der Waals surface area contributed by atoms with Crippen LogP contribution < -0.4 is 9.62 Å². The zero-order chi connectivity index (χ0) is 31.0. The Labute approximate surface area is 257 Å². The number of carbonyl (C=O) groups is 2. The van der Waals surface area contributed by atoms with Gasteiger partial charge in [-0.3, -0.25) is 9.59 Å². The number of benzene rings is 3. The highest BCUT2D eigenvalue weighted by atomic mass is 35.5. The van der Waals surface area contributed by atoms with E-state index in [2.05, 4.69) is 5.32 Å². The van der Waals surface area contributed by atoms with Crippen molar-refractivity contribution in [3.8, 4) is 0 Å². The number of nitrogens with one attached hydrogen (secondary N) is 1. The normalized spacial score (nSPS) is 12.3. The van der Waals surface area contributed by atoms with E-state index in [9.17, 15) is 22.4 Å². The number of halogens is 3. The summed E-state index contributed by atoms with van der Waals surface area (Å²) in [5.74, 6) is -1.51. The van der Waals surface area contributed by atoms with Gasteiger partial charge in [-0.25, -0.2) is 8.70 Å². The Bertz CT molecular complexity index is 1450. The van der Waals surface area contributed by atoms with Crippen molar-refractivity contribution in [3.63, 3.8) is 0 Å². The van der Waals surface area contributed by atoms with Crippen LogP contribution in [0.1, 0.15) is 25.0 Å². The van der Waals surface area contributed by atoms with Gasteiger partial charge in [0, 0.05) is 49.2 Å². The molecule has 8 nitrogen and oxygen atoms in total. The van der Waals surface area contributed by atoms with Crippen LogP contribution in [0.3, 0.4) is 0 Å². The molecular formula is C30H35Cl2FN4O4S.